The van der Waals surface area contributed by atoms with Crippen LogP contribution >= 0.6 is 22.9 Å². The van der Waals surface area contributed by atoms with Crippen LogP contribution in [0.1, 0.15) is 59.6 Å². The van der Waals surface area contributed by atoms with Crippen LogP contribution in [0.5, 0.6) is 5.75 Å². The molecule has 4 rings (SSSR count). The molecule has 1 aromatic carbocycles. The maximum absolute atomic E-state index is 13.0. The van der Waals surface area contributed by atoms with Crippen molar-refractivity contribution in [1.29, 1.82) is 0 Å². The van der Waals surface area contributed by atoms with Gasteiger partial charge in [-0.05, 0) is 50.8 Å². The highest BCUT2D eigenvalue weighted by Crippen LogP contribution is 2.36. The van der Waals surface area contributed by atoms with Crippen LogP contribution in [0, 0.1) is 12.3 Å². The SMILES string of the molecule is Cc1nc(CC(=O)N2CCCC3(CCCCCOc4ccc(Cl)cc4C(=O)NC3)C2)cs1. The lowest BCUT2D eigenvalue weighted by atomic mass is 9.75. The van der Waals surface area contributed by atoms with Crippen molar-refractivity contribution in [2.75, 3.05) is 26.2 Å². The molecule has 2 aromatic rings. The number of thiazole rings is 1. The third kappa shape index (κ3) is 5.62. The molecule has 1 N–H and O–H groups in total. The van der Waals surface area contributed by atoms with Crippen molar-refractivity contribution < 1.29 is 14.3 Å². The Morgan fingerprint density at radius 1 is 1.28 bits per heavy atom. The zero-order valence-electron chi connectivity index (χ0n) is 18.5. The van der Waals surface area contributed by atoms with E-state index in [0.717, 1.165) is 55.8 Å². The molecule has 1 unspecified atom stereocenters. The minimum atomic E-state index is -0.177. The van der Waals surface area contributed by atoms with Crippen molar-refractivity contribution in [3.63, 3.8) is 0 Å². The van der Waals surface area contributed by atoms with Gasteiger partial charge in [-0.15, -0.1) is 11.3 Å². The van der Waals surface area contributed by atoms with E-state index in [1.165, 1.54) is 0 Å². The summed E-state index contributed by atoms with van der Waals surface area (Å²) in [6.07, 6.45) is 6.33. The number of carbonyl (C=O) groups is 2. The molecule has 0 saturated carbocycles. The van der Waals surface area contributed by atoms with Gasteiger partial charge < -0.3 is 15.0 Å². The number of aryl methyl sites for hydroxylation is 1. The second-order valence-electron chi connectivity index (χ2n) is 8.94. The highest BCUT2D eigenvalue weighted by atomic mass is 35.5. The van der Waals surface area contributed by atoms with E-state index in [2.05, 4.69) is 10.3 Å². The molecule has 1 spiro atoms. The summed E-state index contributed by atoms with van der Waals surface area (Å²) >= 11 is 7.72. The molecular formula is C24H30ClN3O3S. The second kappa shape index (κ2) is 10.2. The molecule has 0 aliphatic carbocycles. The number of rotatable bonds is 2. The largest absolute Gasteiger partial charge is 0.493 e. The van der Waals surface area contributed by atoms with E-state index in [4.69, 9.17) is 16.3 Å². The molecule has 2 aliphatic heterocycles. The average molecular weight is 476 g/mol. The zero-order valence-corrected chi connectivity index (χ0v) is 20.1. The standard InChI is InChI=1S/C24H30ClN3O3S/c1-17-27-19(14-32-17)13-22(29)28-10-5-9-24(16-28)8-3-2-4-11-31-21-7-6-18(25)12-20(21)23(30)26-15-24/h6-7,12,14H,2-5,8-11,13,15-16H2,1H3,(H,26,30). The van der Waals surface area contributed by atoms with Crippen LogP contribution in [-0.2, 0) is 11.2 Å². The summed E-state index contributed by atoms with van der Waals surface area (Å²) < 4.78 is 5.85. The molecule has 8 heteroatoms. The van der Waals surface area contributed by atoms with Crippen molar-refractivity contribution in [3.8, 4) is 5.75 Å². The van der Waals surface area contributed by atoms with Gasteiger partial charge in [-0.25, -0.2) is 4.98 Å². The minimum absolute atomic E-state index is 0.111. The van der Waals surface area contributed by atoms with E-state index in [-0.39, 0.29) is 17.2 Å². The van der Waals surface area contributed by atoms with Crippen LogP contribution in [0.4, 0.5) is 0 Å². The van der Waals surface area contributed by atoms with Gasteiger partial charge >= 0.3 is 0 Å². The fourth-order valence-electron chi connectivity index (χ4n) is 4.74. The van der Waals surface area contributed by atoms with Gasteiger partial charge in [0, 0.05) is 35.5 Å². The number of fused-ring (bicyclic) bond motifs is 1. The van der Waals surface area contributed by atoms with Crippen LogP contribution in [0.3, 0.4) is 0 Å². The quantitative estimate of drug-likeness (QED) is 0.686. The van der Waals surface area contributed by atoms with Crippen molar-refractivity contribution in [2.24, 2.45) is 5.41 Å². The van der Waals surface area contributed by atoms with Crippen LogP contribution in [0.2, 0.25) is 5.02 Å². The molecule has 1 fully saturated rings. The number of nitrogens with zero attached hydrogens (tertiary/aromatic N) is 2. The van der Waals surface area contributed by atoms with E-state index in [0.29, 0.717) is 42.5 Å². The molecule has 32 heavy (non-hydrogen) atoms. The van der Waals surface area contributed by atoms with Gasteiger partial charge in [0.1, 0.15) is 5.75 Å². The molecule has 0 bridgehead atoms. The van der Waals surface area contributed by atoms with Gasteiger partial charge in [0.25, 0.3) is 5.91 Å². The highest BCUT2D eigenvalue weighted by Gasteiger charge is 2.37. The summed E-state index contributed by atoms with van der Waals surface area (Å²) in [6.45, 7) is 4.51. The summed E-state index contributed by atoms with van der Waals surface area (Å²) in [5, 5.41) is 6.59. The number of carbonyl (C=O) groups excluding carboxylic acids is 2. The molecule has 2 aliphatic rings. The zero-order chi connectivity index (χ0) is 22.6. The Labute approximate surface area is 198 Å². The molecule has 172 valence electrons. The number of halogens is 1. The fraction of sp³-hybridized carbons (Fsp3) is 0.542. The number of benzene rings is 1. The first-order valence-electron chi connectivity index (χ1n) is 11.3. The van der Waals surface area contributed by atoms with Gasteiger partial charge in [0.2, 0.25) is 5.91 Å². The Hall–Kier alpha value is -2.12. The van der Waals surface area contributed by atoms with Gasteiger partial charge in [0.15, 0.2) is 0 Å². The van der Waals surface area contributed by atoms with Crippen molar-refractivity contribution in [3.05, 3.63) is 44.9 Å². The number of aromatic nitrogens is 1. The molecule has 3 heterocycles. The van der Waals surface area contributed by atoms with E-state index in [9.17, 15) is 9.59 Å². The summed E-state index contributed by atoms with van der Waals surface area (Å²) in [5.74, 6) is 0.515. The van der Waals surface area contributed by atoms with Crippen molar-refractivity contribution >= 4 is 34.8 Å². The van der Waals surface area contributed by atoms with Gasteiger partial charge in [-0.3, -0.25) is 9.59 Å². The third-order valence-corrected chi connectivity index (χ3v) is 7.49. The van der Waals surface area contributed by atoms with Gasteiger partial charge in [-0.2, -0.15) is 0 Å². The first-order chi connectivity index (χ1) is 15.4. The number of likely N-dealkylation sites (tertiary alicyclic amines) is 1. The van der Waals surface area contributed by atoms with Crippen LogP contribution < -0.4 is 10.1 Å². The van der Waals surface area contributed by atoms with Crippen LogP contribution in [-0.4, -0.2) is 47.9 Å². The summed E-state index contributed by atoms with van der Waals surface area (Å²) in [5.41, 5.74) is 1.20. The summed E-state index contributed by atoms with van der Waals surface area (Å²) in [6, 6.07) is 5.17. The Balaban J connectivity index is 1.49. The first-order valence-corrected chi connectivity index (χ1v) is 12.6. The number of hydrogen-bond donors (Lipinski definition) is 1. The van der Waals surface area contributed by atoms with Gasteiger partial charge in [-0.1, -0.05) is 24.4 Å². The van der Waals surface area contributed by atoms with E-state index >= 15 is 0 Å². The number of nitrogens with one attached hydrogen (secondary N) is 1. The molecule has 1 atom stereocenters. The molecule has 2 amide bonds. The monoisotopic (exact) mass is 475 g/mol. The smallest absolute Gasteiger partial charge is 0.255 e. The van der Waals surface area contributed by atoms with Crippen molar-refractivity contribution in [1.82, 2.24) is 15.2 Å². The maximum Gasteiger partial charge on any atom is 0.255 e. The Morgan fingerprint density at radius 3 is 2.94 bits per heavy atom. The lowest BCUT2D eigenvalue weighted by Crippen LogP contribution is -2.51. The summed E-state index contributed by atoms with van der Waals surface area (Å²) in [4.78, 5) is 32.5. The second-order valence-corrected chi connectivity index (χ2v) is 10.4. The van der Waals surface area contributed by atoms with Gasteiger partial charge in [0.05, 0.1) is 29.3 Å². The van der Waals surface area contributed by atoms with E-state index in [1.54, 1.807) is 29.5 Å². The number of amides is 2. The molecule has 1 aromatic heterocycles. The van der Waals surface area contributed by atoms with E-state index in [1.807, 2.05) is 17.2 Å². The fourth-order valence-corrected chi connectivity index (χ4v) is 5.53. The van der Waals surface area contributed by atoms with Crippen LogP contribution in [0.15, 0.2) is 23.6 Å². The maximum atomic E-state index is 13.0. The molecule has 6 nitrogen and oxygen atoms in total. The Bertz CT molecular complexity index is 979. The number of hydrogen-bond acceptors (Lipinski definition) is 5. The third-order valence-electron chi connectivity index (χ3n) is 6.43. The Morgan fingerprint density at radius 2 is 2.12 bits per heavy atom. The normalized spacial score (nSPS) is 22.3. The predicted octanol–water partition coefficient (Wildman–Crippen LogP) is 4.64. The molecular weight excluding hydrogens is 446 g/mol. The lowest BCUT2D eigenvalue weighted by Gasteiger charge is -2.43. The molecule has 1 saturated heterocycles. The Kier molecular flexibility index (Phi) is 7.36. The average Bonchev–Trinajstić information content (AvgIpc) is 3.19. The van der Waals surface area contributed by atoms with E-state index < -0.39 is 0 Å². The lowest BCUT2D eigenvalue weighted by molar-refractivity contribution is -0.134. The van der Waals surface area contributed by atoms with Crippen LogP contribution in [0.25, 0.3) is 0 Å². The number of piperidine rings is 1. The molecule has 0 radical (unpaired) electrons. The highest BCUT2D eigenvalue weighted by molar-refractivity contribution is 7.09. The topological polar surface area (TPSA) is 71.5 Å². The first kappa shape index (κ1) is 23.1. The van der Waals surface area contributed by atoms with Crippen molar-refractivity contribution in [2.45, 2.75) is 51.9 Å². The predicted molar refractivity (Wildman–Crippen MR) is 127 cm³/mol. The number of ether oxygens (including phenoxy) is 1. The summed E-state index contributed by atoms with van der Waals surface area (Å²) in [7, 11) is 0. The minimum Gasteiger partial charge on any atom is -0.493 e.